The van der Waals surface area contributed by atoms with E-state index in [9.17, 15) is 27.6 Å². The van der Waals surface area contributed by atoms with Crippen molar-refractivity contribution in [2.75, 3.05) is 5.32 Å². The number of carbonyl (C=O) groups is 2. The summed E-state index contributed by atoms with van der Waals surface area (Å²) in [4.78, 5) is 40.8. The molecule has 0 saturated heterocycles. The van der Waals surface area contributed by atoms with Gasteiger partial charge in [0.1, 0.15) is 17.4 Å². The Morgan fingerprint density at radius 3 is 2.38 bits per heavy atom. The molecule has 208 valence electrons. The van der Waals surface area contributed by atoms with Gasteiger partial charge in [0, 0.05) is 24.0 Å². The summed E-state index contributed by atoms with van der Waals surface area (Å²) in [5, 5.41) is 14.2. The number of H-pyrrole nitrogens is 1. The predicted octanol–water partition coefficient (Wildman–Crippen LogP) is 3.59. The summed E-state index contributed by atoms with van der Waals surface area (Å²) >= 11 is 0. The van der Waals surface area contributed by atoms with Gasteiger partial charge in [-0.25, -0.2) is 0 Å². The van der Waals surface area contributed by atoms with Crippen molar-refractivity contribution in [1.82, 2.24) is 29.9 Å². The minimum atomic E-state index is -4.65. The maximum Gasteiger partial charge on any atom is 0.431 e. The molecule has 3 aromatic heterocycles. The van der Waals surface area contributed by atoms with Gasteiger partial charge in [0.05, 0.1) is 18.4 Å². The fraction of sp³-hybridized carbons (Fsp3) is 0.500. The molecule has 0 aliphatic heterocycles. The fourth-order valence-electron chi connectivity index (χ4n) is 5.05. The number of pyridine rings is 1. The van der Waals surface area contributed by atoms with Gasteiger partial charge in [-0.05, 0) is 75.5 Å². The number of aromatic nitrogens is 5. The summed E-state index contributed by atoms with van der Waals surface area (Å²) in [7, 11) is 0. The molecule has 10 nitrogen and oxygen atoms in total. The lowest BCUT2D eigenvalue weighted by molar-refractivity contribution is -0.141. The minimum Gasteiger partial charge on any atom is -0.339 e. The fourth-order valence-corrected chi connectivity index (χ4v) is 5.05. The monoisotopic (exact) mass is 545 g/mol. The number of rotatable bonds is 10. The molecule has 1 unspecified atom stereocenters. The van der Waals surface area contributed by atoms with E-state index in [2.05, 4.69) is 20.8 Å². The second kappa shape index (κ2) is 10.3. The summed E-state index contributed by atoms with van der Waals surface area (Å²) in [6.07, 6.45) is 3.86. The van der Waals surface area contributed by atoms with E-state index in [1.807, 2.05) is 18.8 Å². The maximum atomic E-state index is 13.5. The van der Waals surface area contributed by atoms with E-state index >= 15 is 0 Å². The van der Waals surface area contributed by atoms with Crippen LogP contribution in [0, 0.1) is 17.8 Å². The first-order valence-corrected chi connectivity index (χ1v) is 13.0. The molecule has 2 aliphatic rings. The molecule has 0 aromatic carbocycles. The normalized spacial score (nSPS) is 16.5. The number of nitrogens with zero attached hydrogens (tertiary/aromatic N) is 4. The lowest BCUT2D eigenvalue weighted by Gasteiger charge is -2.27. The highest BCUT2D eigenvalue weighted by Crippen LogP contribution is 2.51. The molecule has 3 N–H and O–H groups in total. The number of nitrogens with one attached hydrogen (secondary N) is 3. The Bertz CT molecular complexity index is 1400. The Hall–Kier alpha value is -3.90. The van der Waals surface area contributed by atoms with E-state index in [0.29, 0.717) is 23.2 Å². The Morgan fingerprint density at radius 1 is 1.10 bits per heavy atom. The third-order valence-electron chi connectivity index (χ3n) is 7.21. The van der Waals surface area contributed by atoms with Gasteiger partial charge in [-0.15, -0.1) is 0 Å². The summed E-state index contributed by atoms with van der Waals surface area (Å²) in [5.41, 5.74) is -1.19. The molecule has 2 amide bonds. The van der Waals surface area contributed by atoms with Crippen LogP contribution in [0.2, 0.25) is 0 Å². The first-order chi connectivity index (χ1) is 18.5. The molecular formula is C26H30F3N7O3. The van der Waals surface area contributed by atoms with E-state index in [4.69, 9.17) is 0 Å². The number of hydrogen-bond donors (Lipinski definition) is 3. The summed E-state index contributed by atoms with van der Waals surface area (Å²) in [6.45, 7) is 3.75. The van der Waals surface area contributed by atoms with Gasteiger partial charge in [-0.2, -0.15) is 23.4 Å². The largest absolute Gasteiger partial charge is 0.431 e. The van der Waals surface area contributed by atoms with Crippen LogP contribution in [0.5, 0.6) is 0 Å². The summed E-state index contributed by atoms with van der Waals surface area (Å²) in [6, 6.07) is 2.75. The van der Waals surface area contributed by atoms with Crippen molar-refractivity contribution in [3.8, 4) is 0 Å². The highest BCUT2D eigenvalue weighted by Gasteiger charge is 2.48. The minimum absolute atomic E-state index is 0.0186. The molecular weight excluding hydrogens is 515 g/mol. The number of halogens is 3. The number of amides is 2. The van der Waals surface area contributed by atoms with Gasteiger partial charge in [0.2, 0.25) is 5.91 Å². The van der Waals surface area contributed by atoms with Gasteiger partial charge in [0.15, 0.2) is 0 Å². The van der Waals surface area contributed by atoms with E-state index < -0.39 is 23.5 Å². The number of hydrogen-bond acceptors (Lipinski definition) is 5. The summed E-state index contributed by atoms with van der Waals surface area (Å²) < 4.78 is 41.5. The molecule has 39 heavy (non-hydrogen) atoms. The molecule has 3 aromatic rings. The van der Waals surface area contributed by atoms with Crippen LogP contribution >= 0.6 is 0 Å². The van der Waals surface area contributed by atoms with Crippen LogP contribution in [0.3, 0.4) is 0 Å². The molecule has 2 aliphatic carbocycles. The summed E-state index contributed by atoms with van der Waals surface area (Å²) in [5.74, 6) is 0.0278. The molecule has 2 fully saturated rings. The van der Waals surface area contributed by atoms with Gasteiger partial charge in [-0.3, -0.25) is 23.7 Å². The van der Waals surface area contributed by atoms with Gasteiger partial charge < -0.3 is 15.6 Å². The van der Waals surface area contributed by atoms with Crippen LogP contribution in [-0.4, -0.2) is 42.4 Å². The Balaban J connectivity index is 1.31. The highest BCUT2D eigenvalue weighted by atomic mass is 19.4. The van der Waals surface area contributed by atoms with E-state index in [1.54, 1.807) is 16.9 Å². The van der Waals surface area contributed by atoms with E-state index in [1.165, 1.54) is 17.1 Å². The van der Waals surface area contributed by atoms with E-state index in [0.717, 1.165) is 37.8 Å². The van der Waals surface area contributed by atoms with Crippen molar-refractivity contribution in [2.24, 2.45) is 17.8 Å². The molecule has 5 rings (SSSR count). The SMILES string of the molecule is CC(C)n1nccc1C(=O)NC(C(=O)Nc1cnn(Cc2ccc(C(F)(F)F)[nH]c2=O)c1)C(C1CC1)C1CC1. The average molecular weight is 546 g/mol. The van der Waals surface area contributed by atoms with Crippen molar-refractivity contribution in [2.45, 2.75) is 64.3 Å². The van der Waals surface area contributed by atoms with E-state index in [-0.39, 0.29) is 35.9 Å². The van der Waals surface area contributed by atoms with Gasteiger partial charge in [0.25, 0.3) is 11.5 Å². The Labute approximate surface area is 222 Å². The lowest BCUT2D eigenvalue weighted by atomic mass is 9.88. The third-order valence-corrected chi connectivity index (χ3v) is 7.21. The molecule has 2 saturated carbocycles. The Kier molecular flexibility index (Phi) is 7.08. The predicted molar refractivity (Wildman–Crippen MR) is 135 cm³/mol. The van der Waals surface area contributed by atoms with Crippen LogP contribution in [0.4, 0.5) is 18.9 Å². The molecule has 0 radical (unpaired) electrons. The zero-order valence-electron chi connectivity index (χ0n) is 21.5. The maximum absolute atomic E-state index is 13.5. The second-order valence-corrected chi connectivity index (χ2v) is 10.6. The van der Waals surface area contributed by atoms with Crippen molar-refractivity contribution in [3.63, 3.8) is 0 Å². The first-order valence-electron chi connectivity index (χ1n) is 13.0. The second-order valence-electron chi connectivity index (χ2n) is 10.6. The van der Waals surface area contributed by atoms with Crippen molar-refractivity contribution in [1.29, 1.82) is 0 Å². The smallest absolute Gasteiger partial charge is 0.339 e. The van der Waals surface area contributed by atoms with Gasteiger partial charge in [-0.1, -0.05) is 0 Å². The molecule has 0 bridgehead atoms. The molecule has 1 atom stereocenters. The number of anilines is 1. The number of carbonyl (C=O) groups excluding carboxylic acids is 2. The number of aromatic amines is 1. The topological polar surface area (TPSA) is 127 Å². The molecule has 0 spiro atoms. The number of alkyl halides is 3. The average Bonchev–Trinajstić information content (AvgIpc) is 3.79. The van der Waals surface area contributed by atoms with Gasteiger partial charge >= 0.3 is 6.18 Å². The standard InChI is InChI=1S/C26H30F3N7O3/c1-14(2)36-19(9-10-30-36)24(38)34-22(21(15-3-4-15)16-5-6-16)25(39)32-18-11-31-35(13-18)12-17-7-8-20(26(27,28)29)33-23(17)37/h7-11,13-16,21-22H,3-6,12H2,1-2H3,(H,32,39)(H,33,37)(H,34,38). The zero-order valence-corrected chi connectivity index (χ0v) is 21.5. The quantitative estimate of drug-likeness (QED) is 0.359. The van der Waals surface area contributed by atoms with Crippen molar-refractivity contribution >= 4 is 17.5 Å². The molecule has 3 heterocycles. The lowest BCUT2D eigenvalue weighted by Crippen LogP contribution is -2.50. The molecule has 13 heteroatoms. The van der Waals surface area contributed by atoms with Crippen LogP contribution in [-0.2, 0) is 17.5 Å². The Morgan fingerprint density at radius 2 is 1.79 bits per heavy atom. The van der Waals surface area contributed by atoms with Crippen molar-refractivity contribution < 1.29 is 22.8 Å². The zero-order chi connectivity index (χ0) is 27.9. The first kappa shape index (κ1) is 26.7. The van der Waals surface area contributed by atoms with Crippen LogP contribution in [0.25, 0.3) is 0 Å². The van der Waals surface area contributed by atoms with Crippen LogP contribution in [0.15, 0.2) is 41.6 Å². The van der Waals surface area contributed by atoms with Crippen molar-refractivity contribution in [3.05, 3.63) is 64.1 Å². The van der Waals surface area contributed by atoms with Crippen LogP contribution in [0.1, 0.15) is 67.3 Å². The van der Waals surface area contributed by atoms with Crippen LogP contribution < -0.4 is 16.2 Å². The highest BCUT2D eigenvalue weighted by molar-refractivity contribution is 6.00. The third kappa shape index (κ3) is 6.07.